The van der Waals surface area contributed by atoms with Gasteiger partial charge in [-0.1, -0.05) is 37.3 Å². The Morgan fingerprint density at radius 1 is 1.08 bits per heavy atom. The molecule has 5 nitrogen and oxygen atoms in total. The highest BCUT2D eigenvalue weighted by atomic mass is 19.4. The largest absolute Gasteiger partial charge is 0.481 e. The molecule has 0 saturated heterocycles. The van der Waals surface area contributed by atoms with Crippen molar-refractivity contribution in [3.05, 3.63) is 88.7 Å². The van der Waals surface area contributed by atoms with Gasteiger partial charge in [0.1, 0.15) is 5.69 Å². The number of aliphatic carboxylic acids is 1. The van der Waals surface area contributed by atoms with Gasteiger partial charge in [-0.05, 0) is 86.4 Å². The highest BCUT2D eigenvalue weighted by molar-refractivity contribution is 6.03. The first kappa shape index (κ1) is 26.5. The summed E-state index contributed by atoms with van der Waals surface area (Å²) < 4.78 is 42.7. The highest BCUT2D eigenvalue weighted by Crippen LogP contribution is 2.51. The van der Waals surface area contributed by atoms with E-state index in [1.807, 2.05) is 42.7 Å². The van der Waals surface area contributed by atoms with Gasteiger partial charge in [0.2, 0.25) is 0 Å². The van der Waals surface area contributed by atoms with Crippen molar-refractivity contribution >= 4 is 17.6 Å². The number of anilines is 1. The predicted octanol–water partition coefficient (Wildman–Crippen LogP) is 7.09. The molecule has 0 spiro atoms. The quantitative estimate of drug-likeness (QED) is 0.305. The van der Waals surface area contributed by atoms with Gasteiger partial charge in [-0.15, -0.1) is 0 Å². The molecule has 8 heteroatoms. The Hall–Kier alpha value is -3.55. The van der Waals surface area contributed by atoms with Gasteiger partial charge in [-0.3, -0.25) is 9.59 Å². The fourth-order valence-corrected chi connectivity index (χ4v) is 4.91. The molecule has 0 aliphatic heterocycles. The zero-order valence-corrected chi connectivity index (χ0v) is 20.9. The van der Waals surface area contributed by atoms with Crippen LogP contribution in [0.5, 0.6) is 0 Å². The average molecular weight is 513 g/mol. The molecular formula is C29H31F3N2O3. The molecular weight excluding hydrogens is 481 g/mol. The summed E-state index contributed by atoms with van der Waals surface area (Å²) in [6.45, 7) is 4.07. The predicted molar refractivity (Wildman–Crippen MR) is 136 cm³/mol. The molecule has 37 heavy (non-hydrogen) atoms. The maximum atomic E-state index is 13.6. The molecule has 1 aliphatic carbocycles. The van der Waals surface area contributed by atoms with Crippen molar-refractivity contribution < 1.29 is 27.9 Å². The van der Waals surface area contributed by atoms with Gasteiger partial charge in [0.15, 0.2) is 0 Å². The molecule has 0 unspecified atom stereocenters. The maximum Gasteiger partial charge on any atom is 0.416 e. The van der Waals surface area contributed by atoms with Gasteiger partial charge >= 0.3 is 12.1 Å². The lowest BCUT2D eigenvalue weighted by Crippen LogP contribution is -2.21. The van der Waals surface area contributed by atoms with Crippen LogP contribution in [0.3, 0.4) is 0 Å². The number of aryl methyl sites for hydroxylation is 2. The number of halogens is 3. The number of hydrogen-bond donors (Lipinski definition) is 2. The van der Waals surface area contributed by atoms with Crippen molar-refractivity contribution in [2.45, 2.75) is 64.1 Å². The molecule has 2 aromatic carbocycles. The van der Waals surface area contributed by atoms with Crippen LogP contribution in [0.25, 0.3) is 0 Å². The lowest BCUT2D eigenvalue weighted by atomic mass is 10.0. The Balaban J connectivity index is 1.54. The molecule has 4 rings (SSSR count). The van der Waals surface area contributed by atoms with E-state index in [0.29, 0.717) is 5.69 Å². The fraction of sp³-hybridized carbons (Fsp3) is 0.379. The number of alkyl halides is 3. The first-order valence-electron chi connectivity index (χ1n) is 12.6. The van der Waals surface area contributed by atoms with E-state index in [-0.39, 0.29) is 23.7 Å². The lowest BCUT2D eigenvalue weighted by molar-refractivity contribution is -0.140. The molecule has 196 valence electrons. The minimum absolute atomic E-state index is 0.0634. The average Bonchev–Trinajstić information content (AvgIpc) is 3.56. The second-order valence-corrected chi connectivity index (χ2v) is 9.72. The molecule has 1 heterocycles. The van der Waals surface area contributed by atoms with Gasteiger partial charge in [0.25, 0.3) is 5.91 Å². The van der Waals surface area contributed by atoms with Crippen molar-refractivity contribution in [1.29, 1.82) is 0 Å². The lowest BCUT2D eigenvalue weighted by Gasteiger charge is -2.20. The first-order chi connectivity index (χ1) is 17.6. The number of carbonyl (C=O) groups excluding carboxylic acids is 1. The van der Waals surface area contributed by atoms with E-state index in [1.54, 1.807) is 6.07 Å². The normalized spacial score (nSPS) is 17.9. The van der Waals surface area contributed by atoms with Crippen molar-refractivity contribution in [3.8, 4) is 0 Å². The van der Waals surface area contributed by atoms with E-state index >= 15 is 0 Å². The Morgan fingerprint density at radius 2 is 1.81 bits per heavy atom. The topological polar surface area (TPSA) is 71.3 Å². The van der Waals surface area contributed by atoms with Crippen LogP contribution < -0.4 is 5.32 Å². The summed E-state index contributed by atoms with van der Waals surface area (Å²) in [5.74, 6) is -3.08. The van der Waals surface area contributed by atoms with Crippen molar-refractivity contribution in [2.75, 3.05) is 5.32 Å². The number of carboxylic acids is 1. The molecule has 1 aliphatic rings. The van der Waals surface area contributed by atoms with E-state index in [4.69, 9.17) is 0 Å². The molecule has 2 N–H and O–H groups in total. The molecule has 1 aromatic heterocycles. The zero-order chi connectivity index (χ0) is 26.7. The standard InChI is InChI=1S/C29H31F3N2O3/c1-3-18(2)34-21(11-7-10-19-8-5-4-6-9-19)13-15-26(34)27(35)33-20-12-14-25(29(30,31)32)23(16-20)22-17-24(22)28(36)37/h4-6,8-9,12-16,18,22,24H,3,7,10-11,17H2,1-2H3,(H,33,35)(H,36,37)/t18-,22-,24+/m0/s1. The highest BCUT2D eigenvalue weighted by Gasteiger charge is 2.48. The monoisotopic (exact) mass is 512 g/mol. The van der Waals surface area contributed by atoms with Gasteiger partial charge in [-0.25, -0.2) is 0 Å². The summed E-state index contributed by atoms with van der Waals surface area (Å²) in [6.07, 6.45) is -1.03. The van der Waals surface area contributed by atoms with E-state index < -0.39 is 35.5 Å². The number of nitrogens with one attached hydrogen (secondary N) is 1. The van der Waals surface area contributed by atoms with Crippen LogP contribution in [0, 0.1) is 5.92 Å². The van der Waals surface area contributed by atoms with Crippen LogP contribution in [0.15, 0.2) is 60.7 Å². The summed E-state index contributed by atoms with van der Waals surface area (Å²) in [7, 11) is 0. The number of aromatic nitrogens is 1. The molecule has 3 atom stereocenters. The maximum absolute atomic E-state index is 13.6. The molecule has 3 aromatic rings. The van der Waals surface area contributed by atoms with E-state index in [0.717, 1.165) is 37.4 Å². The van der Waals surface area contributed by atoms with Crippen LogP contribution in [0.1, 0.15) is 77.9 Å². The third-order valence-corrected chi connectivity index (χ3v) is 7.13. The zero-order valence-electron chi connectivity index (χ0n) is 20.9. The summed E-state index contributed by atoms with van der Waals surface area (Å²) in [4.78, 5) is 24.6. The number of hydrogen-bond acceptors (Lipinski definition) is 2. The van der Waals surface area contributed by atoms with Crippen LogP contribution >= 0.6 is 0 Å². The SMILES string of the molecule is CC[C@H](C)n1c(CCCc2ccccc2)ccc1C(=O)Nc1ccc(C(F)(F)F)c([C@@H]2C[C@H]2C(=O)O)c1. The third-order valence-electron chi connectivity index (χ3n) is 7.13. The number of carboxylic acid groups (broad SMARTS) is 1. The van der Waals surface area contributed by atoms with E-state index in [1.165, 1.54) is 17.7 Å². The van der Waals surface area contributed by atoms with Crippen LogP contribution in [0.4, 0.5) is 18.9 Å². The van der Waals surface area contributed by atoms with E-state index in [9.17, 15) is 27.9 Å². The number of carbonyl (C=O) groups is 2. The second kappa shape index (κ2) is 10.8. The second-order valence-electron chi connectivity index (χ2n) is 9.72. The number of amides is 1. The minimum Gasteiger partial charge on any atom is -0.481 e. The van der Waals surface area contributed by atoms with Crippen LogP contribution in [0.2, 0.25) is 0 Å². The molecule has 1 saturated carbocycles. The molecule has 1 fully saturated rings. The van der Waals surface area contributed by atoms with Crippen LogP contribution in [-0.2, 0) is 23.8 Å². The molecule has 0 bridgehead atoms. The molecule has 0 radical (unpaired) electrons. The number of nitrogens with zero attached hydrogens (tertiary/aromatic N) is 1. The Bertz CT molecular complexity index is 1270. The summed E-state index contributed by atoms with van der Waals surface area (Å²) in [5.41, 5.74) is 2.00. The Morgan fingerprint density at radius 3 is 2.43 bits per heavy atom. The first-order valence-corrected chi connectivity index (χ1v) is 12.6. The van der Waals surface area contributed by atoms with Gasteiger partial charge in [0.05, 0.1) is 11.5 Å². The van der Waals surface area contributed by atoms with Gasteiger partial charge in [-0.2, -0.15) is 13.2 Å². The summed E-state index contributed by atoms with van der Waals surface area (Å²) >= 11 is 0. The van der Waals surface area contributed by atoms with Gasteiger partial charge < -0.3 is 15.0 Å². The minimum atomic E-state index is -4.61. The van der Waals surface area contributed by atoms with Crippen molar-refractivity contribution in [2.24, 2.45) is 5.92 Å². The number of benzene rings is 2. The fourth-order valence-electron chi connectivity index (χ4n) is 4.91. The smallest absolute Gasteiger partial charge is 0.416 e. The Kier molecular flexibility index (Phi) is 7.76. The van der Waals surface area contributed by atoms with Crippen molar-refractivity contribution in [3.63, 3.8) is 0 Å². The number of rotatable bonds is 10. The van der Waals surface area contributed by atoms with Crippen LogP contribution in [-0.4, -0.2) is 21.6 Å². The summed E-state index contributed by atoms with van der Waals surface area (Å²) in [5, 5.41) is 12.0. The third kappa shape index (κ3) is 6.06. The summed E-state index contributed by atoms with van der Waals surface area (Å²) in [6, 6.07) is 17.4. The van der Waals surface area contributed by atoms with Crippen molar-refractivity contribution in [1.82, 2.24) is 4.57 Å². The molecule has 1 amide bonds. The Labute approximate surface area is 214 Å². The van der Waals surface area contributed by atoms with Gasteiger partial charge in [0, 0.05) is 17.4 Å². The van der Waals surface area contributed by atoms with E-state index in [2.05, 4.69) is 17.4 Å².